The number of sulfonamides is 1. The Balaban J connectivity index is 1.43. The van der Waals surface area contributed by atoms with Gasteiger partial charge < -0.3 is 9.64 Å². The number of hydrogen-bond donors (Lipinski definition) is 0. The molecule has 1 aromatic heterocycles. The first-order chi connectivity index (χ1) is 13.8. The number of amides is 1. The Bertz CT molecular complexity index is 1040. The van der Waals surface area contributed by atoms with Crippen LogP contribution in [0.3, 0.4) is 0 Å². The number of anilines is 1. The molecule has 0 N–H and O–H groups in total. The van der Waals surface area contributed by atoms with E-state index in [1.807, 2.05) is 0 Å². The first-order valence-electron chi connectivity index (χ1n) is 9.55. The standard InChI is InChI=1S/C20H22FN3O4S/c1-14(25)24-12-7-15-13-17(5-6-18(15)24)29(26,27)23-10-8-16(9-11-23)28-20-4-2-3-19(21)22-20/h2-6,13,16H,7-12H2,1H3. The van der Waals surface area contributed by atoms with Gasteiger partial charge in [0, 0.05) is 38.3 Å². The van der Waals surface area contributed by atoms with Crippen molar-refractivity contribution in [3.8, 4) is 5.88 Å². The van der Waals surface area contributed by atoms with E-state index in [0.29, 0.717) is 38.9 Å². The molecule has 2 aliphatic heterocycles. The Morgan fingerprint density at radius 1 is 1.17 bits per heavy atom. The monoisotopic (exact) mass is 419 g/mol. The maximum atomic E-state index is 13.2. The fourth-order valence-corrected chi connectivity index (χ4v) is 5.35. The smallest absolute Gasteiger partial charge is 0.243 e. The van der Waals surface area contributed by atoms with Gasteiger partial charge in [0.2, 0.25) is 27.8 Å². The molecule has 0 radical (unpaired) electrons. The summed E-state index contributed by atoms with van der Waals surface area (Å²) >= 11 is 0. The highest BCUT2D eigenvalue weighted by molar-refractivity contribution is 7.89. The van der Waals surface area contributed by atoms with Crippen molar-refractivity contribution in [2.75, 3.05) is 24.5 Å². The van der Waals surface area contributed by atoms with E-state index in [-0.39, 0.29) is 22.8 Å². The number of piperidine rings is 1. The molecular formula is C20H22FN3O4S. The average Bonchev–Trinajstić information content (AvgIpc) is 3.12. The maximum absolute atomic E-state index is 13.2. The van der Waals surface area contributed by atoms with Crippen molar-refractivity contribution in [3.63, 3.8) is 0 Å². The fourth-order valence-electron chi connectivity index (χ4n) is 3.83. The van der Waals surface area contributed by atoms with Gasteiger partial charge in [0.1, 0.15) is 6.10 Å². The third kappa shape index (κ3) is 3.97. The predicted molar refractivity (Wildman–Crippen MR) is 105 cm³/mol. The summed E-state index contributed by atoms with van der Waals surface area (Å²) in [6.45, 7) is 2.72. The summed E-state index contributed by atoms with van der Waals surface area (Å²) in [7, 11) is -3.63. The molecule has 0 bridgehead atoms. The van der Waals surface area contributed by atoms with Crippen LogP contribution in [0.15, 0.2) is 41.3 Å². The van der Waals surface area contributed by atoms with Gasteiger partial charge in [-0.25, -0.2) is 8.42 Å². The molecule has 7 nitrogen and oxygen atoms in total. The van der Waals surface area contributed by atoms with Gasteiger partial charge >= 0.3 is 0 Å². The van der Waals surface area contributed by atoms with Crippen molar-refractivity contribution in [1.29, 1.82) is 0 Å². The first-order valence-corrected chi connectivity index (χ1v) is 11.0. The molecule has 3 heterocycles. The number of benzene rings is 1. The van der Waals surface area contributed by atoms with Gasteiger partial charge in [0.05, 0.1) is 4.90 Å². The largest absolute Gasteiger partial charge is 0.474 e. The molecule has 1 amide bonds. The molecule has 0 saturated carbocycles. The molecule has 154 valence electrons. The number of rotatable bonds is 4. The number of aromatic nitrogens is 1. The van der Waals surface area contributed by atoms with Crippen molar-refractivity contribution in [2.24, 2.45) is 0 Å². The molecular weight excluding hydrogens is 397 g/mol. The molecule has 1 aromatic carbocycles. The summed E-state index contributed by atoms with van der Waals surface area (Å²) in [4.78, 5) is 17.3. The molecule has 1 fully saturated rings. The lowest BCUT2D eigenvalue weighted by atomic mass is 10.1. The summed E-state index contributed by atoms with van der Waals surface area (Å²) in [5.41, 5.74) is 1.66. The Kier molecular flexibility index (Phi) is 5.26. The van der Waals surface area contributed by atoms with Crippen molar-refractivity contribution in [1.82, 2.24) is 9.29 Å². The topological polar surface area (TPSA) is 79.8 Å². The van der Waals surface area contributed by atoms with Gasteiger partial charge in [-0.2, -0.15) is 13.7 Å². The zero-order chi connectivity index (χ0) is 20.6. The number of halogens is 1. The van der Waals surface area contributed by atoms with Gasteiger partial charge in [-0.15, -0.1) is 0 Å². The van der Waals surface area contributed by atoms with Gasteiger partial charge in [0.15, 0.2) is 0 Å². The molecule has 0 aliphatic carbocycles. The summed E-state index contributed by atoms with van der Waals surface area (Å²) < 4.78 is 46.4. The summed E-state index contributed by atoms with van der Waals surface area (Å²) in [5, 5.41) is 0. The van der Waals surface area contributed by atoms with E-state index >= 15 is 0 Å². The van der Waals surface area contributed by atoms with Crippen LogP contribution in [-0.4, -0.2) is 49.4 Å². The van der Waals surface area contributed by atoms with Gasteiger partial charge in [-0.3, -0.25) is 4.79 Å². The highest BCUT2D eigenvalue weighted by Gasteiger charge is 2.32. The third-order valence-corrected chi connectivity index (χ3v) is 7.24. The van der Waals surface area contributed by atoms with Crippen LogP contribution in [0, 0.1) is 5.95 Å². The number of pyridine rings is 1. The second-order valence-electron chi connectivity index (χ2n) is 7.23. The van der Waals surface area contributed by atoms with E-state index in [1.54, 1.807) is 29.2 Å². The highest BCUT2D eigenvalue weighted by Crippen LogP contribution is 2.32. The lowest BCUT2D eigenvalue weighted by molar-refractivity contribution is -0.116. The normalized spacial score (nSPS) is 17.9. The van der Waals surface area contributed by atoms with E-state index in [0.717, 1.165) is 11.3 Å². The summed E-state index contributed by atoms with van der Waals surface area (Å²) in [5.74, 6) is -0.448. The Labute approximate surface area is 169 Å². The van der Waals surface area contributed by atoms with Crippen LogP contribution >= 0.6 is 0 Å². The Morgan fingerprint density at radius 2 is 1.93 bits per heavy atom. The molecule has 1 saturated heterocycles. The average molecular weight is 419 g/mol. The van der Waals surface area contributed by atoms with Crippen LogP contribution < -0.4 is 9.64 Å². The van der Waals surface area contributed by atoms with E-state index in [2.05, 4.69) is 4.98 Å². The second kappa shape index (κ2) is 7.72. The van der Waals surface area contributed by atoms with Crippen LogP contribution in [0.25, 0.3) is 0 Å². The minimum atomic E-state index is -3.63. The number of carbonyl (C=O) groups excluding carboxylic acids is 1. The number of carbonyl (C=O) groups is 1. The molecule has 4 rings (SSSR count). The molecule has 2 aromatic rings. The van der Waals surface area contributed by atoms with Crippen LogP contribution in [0.4, 0.5) is 10.1 Å². The van der Waals surface area contributed by atoms with Crippen molar-refractivity contribution < 1.29 is 22.3 Å². The van der Waals surface area contributed by atoms with Crippen molar-refractivity contribution in [2.45, 2.75) is 37.2 Å². The Hall–Kier alpha value is -2.52. The molecule has 2 aliphatic rings. The molecule has 9 heteroatoms. The number of hydrogen-bond acceptors (Lipinski definition) is 5. The van der Waals surface area contributed by atoms with Crippen LogP contribution in [0.2, 0.25) is 0 Å². The third-order valence-electron chi connectivity index (χ3n) is 5.34. The molecule has 0 unspecified atom stereocenters. The summed E-state index contributed by atoms with van der Waals surface area (Å²) in [6, 6.07) is 9.30. The zero-order valence-corrected chi connectivity index (χ0v) is 16.9. The zero-order valence-electron chi connectivity index (χ0n) is 16.0. The maximum Gasteiger partial charge on any atom is 0.243 e. The van der Waals surface area contributed by atoms with Gasteiger partial charge in [-0.05, 0) is 49.1 Å². The van der Waals surface area contributed by atoms with Crippen molar-refractivity contribution >= 4 is 21.6 Å². The molecule has 0 atom stereocenters. The second-order valence-corrected chi connectivity index (χ2v) is 9.17. The van der Waals surface area contributed by atoms with E-state index in [4.69, 9.17) is 4.74 Å². The van der Waals surface area contributed by atoms with Gasteiger partial charge in [-0.1, -0.05) is 6.07 Å². The lowest BCUT2D eigenvalue weighted by Gasteiger charge is -2.31. The first kappa shape index (κ1) is 19.8. The fraction of sp³-hybridized carbons (Fsp3) is 0.400. The number of fused-ring (bicyclic) bond motifs is 1. The highest BCUT2D eigenvalue weighted by atomic mass is 32.2. The van der Waals surface area contributed by atoms with E-state index < -0.39 is 16.0 Å². The quantitative estimate of drug-likeness (QED) is 0.711. The number of ether oxygens (including phenoxy) is 1. The van der Waals surface area contributed by atoms with Crippen LogP contribution in [0.1, 0.15) is 25.3 Å². The number of nitrogens with zero attached hydrogens (tertiary/aromatic N) is 3. The van der Waals surface area contributed by atoms with E-state index in [9.17, 15) is 17.6 Å². The van der Waals surface area contributed by atoms with Crippen molar-refractivity contribution in [3.05, 3.63) is 47.9 Å². The molecule has 0 spiro atoms. The van der Waals surface area contributed by atoms with Crippen LogP contribution in [0.5, 0.6) is 5.88 Å². The van der Waals surface area contributed by atoms with E-state index in [1.165, 1.54) is 23.4 Å². The minimum Gasteiger partial charge on any atom is -0.474 e. The predicted octanol–water partition coefficient (Wildman–Crippen LogP) is 2.36. The minimum absolute atomic E-state index is 0.0470. The Morgan fingerprint density at radius 3 is 2.62 bits per heavy atom. The summed E-state index contributed by atoms with van der Waals surface area (Å²) in [6.07, 6.45) is 1.44. The van der Waals surface area contributed by atoms with Crippen LogP contribution in [-0.2, 0) is 21.2 Å². The lowest BCUT2D eigenvalue weighted by Crippen LogP contribution is -2.41. The SMILES string of the molecule is CC(=O)N1CCc2cc(S(=O)(=O)N3CCC(Oc4cccc(F)n4)CC3)ccc21. The molecule has 29 heavy (non-hydrogen) atoms. The van der Waals surface area contributed by atoms with Gasteiger partial charge in [0.25, 0.3) is 0 Å².